The second-order valence-corrected chi connectivity index (χ2v) is 6.55. The Hall–Kier alpha value is -1.26. The lowest BCUT2D eigenvalue weighted by atomic mass is 9.83. The molecule has 5 heteroatoms. The molecule has 0 radical (unpaired) electrons. The van der Waals surface area contributed by atoms with Crippen molar-refractivity contribution in [1.82, 2.24) is 4.90 Å². The van der Waals surface area contributed by atoms with Crippen molar-refractivity contribution in [3.63, 3.8) is 0 Å². The number of hydrogen-bond acceptors (Lipinski definition) is 4. The van der Waals surface area contributed by atoms with Gasteiger partial charge in [0.15, 0.2) is 0 Å². The van der Waals surface area contributed by atoms with Crippen molar-refractivity contribution < 1.29 is 19.1 Å². The number of likely N-dealkylation sites (tertiary alicyclic amines) is 1. The van der Waals surface area contributed by atoms with E-state index in [0.29, 0.717) is 6.54 Å². The predicted octanol–water partition coefficient (Wildman–Crippen LogP) is 2.59. The van der Waals surface area contributed by atoms with Crippen LogP contribution in [0.3, 0.4) is 0 Å². The summed E-state index contributed by atoms with van der Waals surface area (Å²) in [6.45, 7) is 9.75. The fourth-order valence-corrected chi connectivity index (χ4v) is 2.46. The molecule has 1 rings (SSSR count). The first-order chi connectivity index (χ1) is 8.59. The van der Waals surface area contributed by atoms with E-state index in [4.69, 9.17) is 9.47 Å². The average Bonchev–Trinajstić information content (AvgIpc) is 2.74. The predicted molar refractivity (Wildman–Crippen MR) is 71.8 cm³/mol. The molecular weight excluding hydrogens is 246 g/mol. The minimum atomic E-state index is -0.720. The summed E-state index contributed by atoms with van der Waals surface area (Å²) in [6, 6.07) is -0.171. The molecule has 0 saturated carbocycles. The lowest BCUT2D eigenvalue weighted by Crippen LogP contribution is -2.49. The molecule has 0 aromatic heterocycles. The monoisotopic (exact) mass is 271 g/mol. The number of rotatable bonds is 2. The Morgan fingerprint density at radius 2 is 1.74 bits per heavy atom. The van der Waals surface area contributed by atoms with Gasteiger partial charge in [-0.2, -0.15) is 0 Å². The molecule has 0 aromatic rings. The lowest BCUT2D eigenvalue weighted by molar-refractivity contribution is -0.153. The third-order valence-corrected chi connectivity index (χ3v) is 3.43. The average molecular weight is 271 g/mol. The molecule has 19 heavy (non-hydrogen) atoms. The molecular formula is C14H25NO4. The van der Waals surface area contributed by atoms with E-state index in [1.165, 1.54) is 7.11 Å². The Labute approximate surface area is 115 Å². The maximum absolute atomic E-state index is 12.2. The van der Waals surface area contributed by atoms with Gasteiger partial charge < -0.3 is 14.4 Å². The summed E-state index contributed by atoms with van der Waals surface area (Å²) in [7, 11) is 1.37. The van der Waals surface area contributed by atoms with Crippen LogP contribution < -0.4 is 0 Å². The summed E-state index contributed by atoms with van der Waals surface area (Å²) >= 11 is 0. The maximum atomic E-state index is 12.2. The van der Waals surface area contributed by atoms with E-state index < -0.39 is 11.0 Å². The van der Waals surface area contributed by atoms with E-state index in [9.17, 15) is 9.59 Å². The minimum absolute atomic E-state index is 0.171. The zero-order valence-electron chi connectivity index (χ0n) is 12.8. The van der Waals surface area contributed by atoms with E-state index in [2.05, 4.69) is 0 Å². The third-order valence-electron chi connectivity index (χ3n) is 3.43. The van der Waals surface area contributed by atoms with Crippen molar-refractivity contribution in [2.24, 2.45) is 5.41 Å². The van der Waals surface area contributed by atoms with Gasteiger partial charge in [0.05, 0.1) is 18.6 Å². The highest BCUT2D eigenvalue weighted by atomic mass is 16.6. The zero-order chi connectivity index (χ0) is 14.8. The zero-order valence-corrected chi connectivity index (χ0v) is 12.8. The van der Waals surface area contributed by atoms with Crippen LogP contribution in [0.15, 0.2) is 0 Å². The molecule has 0 unspecified atom stereocenters. The van der Waals surface area contributed by atoms with Gasteiger partial charge in [-0.1, -0.05) is 0 Å². The number of carbonyl (C=O) groups is 2. The Morgan fingerprint density at radius 3 is 2.21 bits per heavy atom. The quantitative estimate of drug-likeness (QED) is 0.724. The van der Waals surface area contributed by atoms with Crippen LogP contribution in [0.1, 0.15) is 47.5 Å². The molecule has 0 spiro atoms. The molecule has 0 bridgehead atoms. The molecule has 0 aliphatic carbocycles. The van der Waals surface area contributed by atoms with Crippen molar-refractivity contribution >= 4 is 12.1 Å². The van der Waals surface area contributed by atoms with Crippen molar-refractivity contribution in [3.8, 4) is 0 Å². The molecule has 0 aromatic carbocycles. The normalized spacial score (nSPS) is 20.3. The van der Waals surface area contributed by atoms with Gasteiger partial charge in [-0.05, 0) is 47.5 Å². The molecule has 0 N–H and O–H groups in total. The van der Waals surface area contributed by atoms with Gasteiger partial charge in [-0.3, -0.25) is 4.79 Å². The molecule has 1 heterocycles. The highest BCUT2D eigenvalue weighted by molar-refractivity contribution is 5.78. The summed E-state index contributed by atoms with van der Waals surface area (Å²) in [6.07, 6.45) is 1.32. The Bertz CT molecular complexity index is 357. The van der Waals surface area contributed by atoms with Crippen LogP contribution in [0, 0.1) is 5.41 Å². The van der Waals surface area contributed by atoms with Crippen LogP contribution in [0.25, 0.3) is 0 Å². The van der Waals surface area contributed by atoms with Crippen molar-refractivity contribution in [2.75, 3.05) is 13.7 Å². The van der Waals surface area contributed by atoms with E-state index >= 15 is 0 Å². The minimum Gasteiger partial charge on any atom is -0.469 e. The SMILES string of the molecule is COC(=O)C(C)(C)[C@H]1CCCN1C(=O)OC(C)(C)C. The fraction of sp³-hybridized carbons (Fsp3) is 0.857. The van der Waals surface area contributed by atoms with E-state index in [0.717, 1.165) is 12.8 Å². The largest absolute Gasteiger partial charge is 0.469 e. The Morgan fingerprint density at radius 1 is 1.16 bits per heavy atom. The molecule has 1 aliphatic rings. The van der Waals surface area contributed by atoms with Crippen LogP contribution in [0.5, 0.6) is 0 Å². The summed E-state index contributed by atoms with van der Waals surface area (Å²) in [5.41, 5.74) is -1.25. The standard InChI is InChI=1S/C14H25NO4/c1-13(2,3)19-12(17)15-9-7-8-10(15)14(4,5)11(16)18-6/h10H,7-9H2,1-6H3/t10-/m1/s1. The van der Waals surface area contributed by atoms with Crippen LogP contribution in [-0.4, -0.2) is 42.3 Å². The van der Waals surface area contributed by atoms with Gasteiger partial charge in [-0.15, -0.1) is 0 Å². The number of ether oxygens (including phenoxy) is 2. The van der Waals surface area contributed by atoms with E-state index in [1.807, 2.05) is 34.6 Å². The number of amides is 1. The first-order valence-corrected chi connectivity index (χ1v) is 6.67. The summed E-state index contributed by atoms with van der Waals surface area (Å²) in [5.74, 6) is -0.298. The van der Waals surface area contributed by atoms with E-state index in [-0.39, 0.29) is 18.1 Å². The number of carbonyl (C=O) groups excluding carboxylic acids is 2. The maximum Gasteiger partial charge on any atom is 0.410 e. The van der Waals surface area contributed by atoms with Gasteiger partial charge in [0.2, 0.25) is 0 Å². The van der Waals surface area contributed by atoms with Crippen molar-refractivity contribution in [3.05, 3.63) is 0 Å². The number of esters is 1. The van der Waals surface area contributed by atoms with Gasteiger partial charge >= 0.3 is 12.1 Å². The first-order valence-electron chi connectivity index (χ1n) is 6.67. The number of methoxy groups -OCH3 is 1. The lowest BCUT2D eigenvalue weighted by Gasteiger charge is -2.36. The van der Waals surface area contributed by atoms with Crippen LogP contribution in [0.4, 0.5) is 4.79 Å². The van der Waals surface area contributed by atoms with Crippen LogP contribution >= 0.6 is 0 Å². The van der Waals surface area contributed by atoms with Gasteiger partial charge in [-0.25, -0.2) is 4.79 Å². The topological polar surface area (TPSA) is 55.8 Å². The highest BCUT2D eigenvalue weighted by Crippen LogP contribution is 2.35. The molecule has 110 valence electrons. The molecule has 1 amide bonds. The molecule has 5 nitrogen and oxygen atoms in total. The fourth-order valence-electron chi connectivity index (χ4n) is 2.46. The highest BCUT2D eigenvalue weighted by Gasteiger charge is 2.46. The molecule has 1 fully saturated rings. The van der Waals surface area contributed by atoms with Gasteiger partial charge in [0.1, 0.15) is 5.60 Å². The van der Waals surface area contributed by atoms with Gasteiger partial charge in [0.25, 0.3) is 0 Å². The molecule has 1 saturated heterocycles. The summed E-state index contributed by atoms with van der Waals surface area (Å²) in [5, 5.41) is 0. The molecule has 1 atom stereocenters. The third kappa shape index (κ3) is 3.61. The Kier molecular flexibility index (Phi) is 4.48. The van der Waals surface area contributed by atoms with E-state index in [1.54, 1.807) is 4.90 Å². The first kappa shape index (κ1) is 15.8. The van der Waals surface area contributed by atoms with Gasteiger partial charge in [0, 0.05) is 6.54 Å². The van der Waals surface area contributed by atoms with Crippen LogP contribution in [-0.2, 0) is 14.3 Å². The smallest absolute Gasteiger partial charge is 0.410 e. The molecule has 1 aliphatic heterocycles. The summed E-state index contributed by atoms with van der Waals surface area (Å²) < 4.78 is 10.2. The second kappa shape index (κ2) is 5.39. The number of hydrogen-bond donors (Lipinski definition) is 0. The summed E-state index contributed by atoms with van der Waals surface area (Å²) in [4.78, 5) is 25.7. The van der Waals surface area contributed by atoms with Crippen LogP contribution in [0.2, 0.25) is 0 Å². The second-order valence-electron chi connectivity index (χ2n) is 6.55. The number of nitrogens with zero attached hydrogens (tertiary/aromatic N) is 1. The Balaban J connectivity index is 2.85. The van der Waals surface area contributed by atoms with Crippen molar-refractivity contribution in [2.45, 2.75) is 59.1 Å². The van der Waals surface area contributed by atoms with Crippen molar-refractivity contribution in [1.29, 1.82) is 0 Å².